The van der Waals surface area contributed by atoms with Gasteiger partial charge in [0.15, 0.2) is 0 Å². The number of hydrogen-bond donors (Lipinski definition) is 6. The van der Waals surface area contributed by atoms with E-state index in [0.29, 0.717) is 18.4 Å². The third-order valence-corrected chi connectivity index (χ3v) is 6.14. The van der Waals surface area contributed by atoms with Crippen molar-refractivity contribution < 1.29 is 29.4 Å². The highest BCUT2D eigenvalue weighted by Gasteiger charge is 2.32. The molecular weight excluding hydrogens is 464 g/mol. The van der Waals surface area contributed by atoms with Crippen LogP contribution in [0, 0.1) is 17.8 Å². The molecule has 0 saturated carbocycles. The number of aliphatic carboxylic acids is 1. The predicted molar refractivity (Wildman–Crippen MR) is 137 cm³/mol. The van der Waals surface area contributed by atoms with Crippen LogP contribution in [0.15, 0.2) is 24.3 Å². The number of amides is 3. The summed E-state index contributed by atoms with van der Waals surface area (Å²) >= 11 is 0. The summed E-state index contributed by atoms with van der Waals surface area (Å²) in [4.78, 5) is 50.7. The largest absolute Gasteiger partial charge is 0.508 e. The van der Waals surface area contributed by atoms with Crippen molar-refractivity contribution in [1.29, 1.82) is 0 Å². The van der Waals surface area contributed by atoms with Gasteiger partial charge in [-0.25, -0.2) is 4.79 Å². The second kappa shape index (κ2) is 14.4. The van der Waals surface area contributed by atoms with Crippen LogP contribution in [-0.4, -0.2) is 58.1 Å². The normalized spacial score (nSPS) is 15.5. The first kappa shape index (κ1) is 30.9. The van der Waals surface area contributed by atoms with E-state index in [1.807, 2.05) is 27.7 Å². The van der Waals surface area contributed by atoms with Gasteiger partial charge >= 0.3 is 5.97 Å². The predicted octanol–water partition coefficient (Wildman–Crippen LogP) is 1.55. The minimum absolute atomic E-state index is 0.0480. The number of carbonyl (C=O) groups excluding carboxylic acids is 3. The summed E-state index contributed by atoms with van der Waals surface area (Å²) in [5, 5.41) is 27.0. The number of carboxylic acids is 1. The number of hydrogen-bond acceptors (Lipinski definition) is 6. The molecule has 7 N–H and O–H groups in total. The first-order chi connectivity index (χ1) is 16.8. The summed E-state index contributed by atoms with van der Waals surface area (Å²) in [5.74, 6) is -3.22. The molecule has 3 amide bonds. The lowest BCUT2D eigenvalue weighted by atomic mass is 9.97. The number of phenols is 1. The molecule has 202 valence electrons. The van der Waals surface area contributed by atoms with Gasteiger partial charge in [0.1, 0.15) is 23.9 Å². The smallest absolute Gasteiger partial charge is 0.326 e. The average Bonchev–Trinajstić information content (AvgIpc) is 2.80. The highest BCUT2D eigenvalue weighted by Crippen LogP contribution is 2.14. The summed E-state index contributed by atoms with van der Waals surface area (Å²) in [7, 11) is 0. The van der Waals surface area contributed by atoms with Crippen molar-refractivity contribution >= 4 is 23.7 Å². The van der Waals surface area contributed by atoms with Crippen molar-refractivity contribution in [3.8, 4) is 5.75 Å². The SMILES string of the molecule is CCC(C)C(N)C(=O)NC(CC(C)C)C(=O)NC(Cc1ccc(O)cc1)C(=O)NC(C(=O)O)C(C)C. The fraction of sp³-hybridized carbons (Fsp3) is 0.615. The Morgan fingerprint density at radius 1 is 0.861 bits per heavy atom. The molecule has 1 rings (SSSR count). The van der Waals surface area contributed by atoms with Crippen LogP contribution in [0.5, 0.6) is 5.75 Å². The van der Waals surface area contributed by atoms with Crippen LogP contribution in [0.2, 0.25) is 0 Å². The lowest BCUT2D eigenvalue weighted by Crippen LogP contribution is -2.58. The molecule has 0 bridgehead atoms. The van der Waals surface area contributed by atoms with Gasteiger partial charge in [0.2, 0.25) is 17.7 Å². The summed E-state index contributed by atoms with van der Waals surface area (Å²) in [6, 6.07) is 2.17. The number of phenolic OH excluding ortho intramolecular Hbond substituents is 1. The van der Waals surface area contributed by atoms with E-state index in [4.69, 9.17) is 5.73 Å². The highest BCUT2D eigenvalue weighted by atomic mass is 16.4. The molecule has 1 aromatic rings. The number of rotatable bonds is 14. The second-order valence-electron chi connectivity index (χ2n) is 10.1. The Labute approximate surface area is 213 Å². The molecule has 0 aliphatic rings. The zero-order valence-electron chi connectivity index (χ0n) is 22.1. The molecule has 0 saturated heterocycles. The van der Waals surface area contributed by atoms with Gasteiger partial charge in [-0.15, -0.1) is 0 Å². The second-order valence-corrected chi connectivity index (χ2v) is 10.1. The maximum Gasteiger partial charge on any atom is 0.326 e. The zero-order chi connectivity index (χ0) is 27.6. The molecular formula is C26H42N4O6. The van der Waals surface area contributed by atoms with Crippen molar-refractivity contribution in [2.24, 2.45) is 23.5 Å². The molecule has 10 heteroatoms. The first-order valence-corrected chi connectivity index (χ1v) is 12.4. The van der Waals surface area contributed by atoms with Crippen LogP contribution < -0.4 is 21.7 Å². The van der Waals surface area contributed by atoms with Gasteiger partial charge in [0.05, 0.1) is 6.04 Å². The summed E-state index contributed by atoms with van der Waals surface area (Å²) < 4.78 is 0. The van der Waals surface area contributed by atoms with Crippen molar-refractivity contribution in [2.45, 2.75) is 85.0 Å². The molecule has 0 fully saturated rings. The van der Waals surface area contributed by atoms with E-state index >= 15 is 0 Å². The fourth-order valence-electron chi connectivity index (χ4n) is 3.60. The maximum atomic E-state index is 13.3. The first-order valence-electron chi connectivity index (χ1n) is 12.4. The van der Waals surface area contributed by atoms with Gasteiger partial charge in [-0.05, 0) is 41.9 Å². The quantitative estimate of drug-likeness (QED) is 0.222. The van der Waals surface area contributed by atoms with Crippen LogP contribution in [0.4, 0.5) is 0 Å². The molecule has 0 spiro atoms. The van der Waals surface area contributed by atoms with E-state index in [0.717, 1.165) is 0 Å². The van der Waals surface area contributed by atoms with E-state index in [9.17, 15) is 29.4 Å². The molecule has 5 atom stereocenters. The standard InChI is InChI=1S/C26H42N4O6/c1-7-16(6)21(27)25(34)29-19(12-14(2)3)23(32)28-20(13-17-8-10-18(31)11-9-17)24(33)30-22(15(4)5)26(35)36/h8-11,14-16,19-22,31H,7,12-13,27H2,1-6H3,(H,28,32)(H,29,34)(H,30,33)(H,35,36). The lowest BCUT2D eigenvalue weighted by molar-refractivity contribution is -0.143. The Morgan fingerprint density at radius 3 is 1.86 bits per heavy atom. The molecule has 36 heavy (non-hydrogen) atoms. The van der Waals surface area contributed by atoms with Crippen LogP contribution in [-0.2, 0) is 25.6 Å². The van der Waals surface area contributed by atoms with Crippen LogP contribution in [0.1, 0.15) is 59.9 Å². The van der Waals surface area contributed by atoms with Gasteiger partial charge in [0, 0.05) is 6.42 Å². The van der Waals surface area contributed by atoms with Crippen molar-refractivity contribution in [3.63, 3.8) is 0 Å². The number of carbonyl (C=O) groups is 4. The molecule has 0 aromatic heterocycles. The number of nitrogens with one attached hydrogen (secondary N) is 3. The molecule has 0 aliphatic carbocycles. The summed E-state index contributed by atoms with van der Waals surface area (Å²) in [5.41, 5.74) is 6.69. The fourth-order valence-corrected chi connectivity index (χ4v) is 3.60. The van der Waals surface area contributed by atoms with Crippen molar-refractivity contribution in [3.05, 3.63) is 29.8 Å². The van der Waals surface area contributed by atoms with Crippen molar-refractivity contribution in [1.82, 2.24) is 16.0 Å². The van der Waals surface area contributed by atoms with Crippen LogP contribution >= 0.6 is 0 Å². The monoisotopic (exact) mass is 506 g/mol. The minimum Gasteiger partial charge on any atom is -0.508 e. The molecule has 5 unspecified atom stereocenters. The van der Waals surface area contributed by atoms with Crippen LogP contribution in [0.25, 0.3) is 0 Å². The molecule has 0 aliphatic heterocycles. The maximum absolute atomic E-state index is 13.3. The Balaban J connectivity index is 3.17. The Bertz CT molecular complexity index is 887. The highest BCUT2D eigenvalue weighted by molar-refractivity contribution is 5.94. The molecule has 10 nitrogen and oxygen atoms in total. The average molecular weight is 507 g/mol. The number of carboxylic acid groups (broad SMARTS) is 1. The summed E-state index contributed by atoms with van der Waals surface area (Å²) in [6.07, 6.45) is 1.07. The number of benzene rings is 1. The Kier molecular flexibility index (Phi) is 12.4. The van der Waals surface area contributed by atoms with Gasteiger partial charge in [-0.3, -0.25) is 14.4 Å². The van der Waals surface area contributed by atoms with Gasteiger partial charge in [0.25, 0.3) is 0 Å². The van der Waals surface area contributed by atoms with Crippen molar-refractivity contribution in [2.75, 3.05) is 0 Å². The lowest BCUT2D eigenvalue weighted by Gasteiger charge is -2.27. The van der Waals surface area contributed by atoms with E-state index in [-0.39, 0.29) is 29.9 Å². The molecule has 0 heterocycles. The zero-order valence-corrected chi connectivity index (χ0v) is 22.1. The Morgan fingerprint density at radius 2 is 1.39 bits per heavy atom. The number of nitrogens with two attached hydrogens (primary N) is 1. The third-order valence-electron chi connectivity index (χ3n) is 6.14. The van der Waals surface area contributed by atoms with Gasteiger partial charge in [-0.1, -0.05) is 60.1 Å². The third kappa shape index (κ3) is 9.85. The molecule has 0 radical (unpaired) electrons. The number of aromatic hydroxyl groups is 1. The van der Waals surface area contributed by atoms with Gasteiger partial charge in [-0.2, -0.15) is 0 Å². The van der Waals surface area contributed by atoms with Gasteiger partial charge < -0.3 is 31.9 Å². The molecule has 1 aromatic carbocycles. The summed E-state index contributed by atoms with van der Waals surface area (Å²) in [6.45, 7) is 10.9. The topological polar surface area (TPSA) is 171 Å². The Hall–Kier alpha value is -3.14. The van der Waals surface area contributed by atoms with E-state index in [2.05, 4.69) is 16.0 Å². The van der Waals surface area contributed by atoms with E-state index < -0.39 is 47.9 Å². The minimum atomic E-state index is -1.18. The van der Waals surface area contributed by atoms with E-state index in [1.54, 1.807) is 26.0 Å². The van der Waals surface area contributed by atoms with Crippen LogP contribution in [0.3, 0.4) is 0 Å². The van der Waals surface area contributed by atoms with E-state index in [1.165, 1.54) is 12.1 Å².